The first-order chi connectivity index (χ1) is 14.0. The van der Waals surface area contributed by atoms with Gasteiger partial charge in [0.25, 0.3) is 5.91 Å². The number of carbonyl (C=O) groups excluding carboxylic acids is 3. The summed E-state index contributed by atoms with van der Waals surface area (Å²) in [6.45, 7) is 4.02. The third kappa shape index (κ3) is 5.22. The molecule has 0 aliphatic carbocycles. The lowest BCUT2D eigenvalue weighted by atomic mass is 10.1. The van der Waals surface area contributed by atoms with Crippen LogP contribution in [0.25, 0.3) is 0 Å². The van der Waals surface area contributed by atoms with Crippen molar-refractivity contribution >= 4 is 29.2 Å². The fourth-order valence-corrected chi connectivity index (χ4v) is 3.30. The fourth-order valence-electron chi connectivity index (χ4n) is 3.30. The van der Waals surface area contributed by atoms with E-state index in [4.69, 9.17) is 4.74 Å². The van der Waals surface area contributed by atoms with E-state index in [1.807, 2.05) is 48.5 Å². The first kappa shape index (κ1) is 20.6. The summed E-state index contributed by atoms with van der Waals surface area (Å²) >= 11 is 0. The van der Waals surface area contributed by atoms with Crippen LogP contribution in [0.5, 0.6) is 0 Å². The molecule has 1 atom stereocenters. The molecular formula is C23H26N2O4. The van der Waals surface area contributed by atoms with Crippen LogP contribution in [0.2, 0.25) is 0 Å². The molecule has 1 aliphatic heterocycles. The zero-order chi connectivity index (χ0) is 20.8. The van der Waals surface area contributed by atoms with Crippen molar-refractivity contribution in [2.45, 2.75) is 33.1 Å². The minimum Gasteiger partial charge on any atom is -0.455 e. The number of rotatable bonds is 7. The molecule has 152 valence electrons. The van der Waals surface area contributed by atoms with Crippen molar-refractivity contribution in [3.05, 3.63) is 59.7 Å². The molecule has 1 saturated heterocycles. The molecule has 0 saturated carbocycles. The quantitative estimate of drug-likeness (QED) is 0.731. The Balaban J connectivity index is 1.50. The minimum atomic E-state index is -0.565. The molecule has 0 aromatic heterocycles. The van der Waals surface area contributed by atoms with Gasteiger partial charge in [-0.3, -0.25) is 14.4 Å². The van der Waals surface area contributed by atoms with Crippen molar-refractivity contribution in [1.29, 1.82) is 0 Å². The Kier molecular flexibility index (Phi) is 6.65. The summed E-state index contributed by atoms with van der Waals surface area (Å²) in [6.07, 6.45) is 1.94. The number of ether oxygens (including phenoxy) is 1. The van der Waals surface area contributed by atoms with E-state index in [2.05, 4.69) is 19.2 Å². The number of aryl methyl sites for hydroxylation is 2. The third-order valence-electron chi connectivity index (χ3n) is 5.11. The Bertz CT molecular complexity index is 875. The zero-order valence-corrected chi connectivity index (χ0v) is 16.8. The Morgan fingerprint density at radius 2 is 1.59 bits per heavy atom. The van der Waals surface area contributed by atoms with Gasteiger partial charge >= 0.3 is 5.97 Å². The van der Waals surface area contributed by atoms with Gasteiger partial charge in [0, 0.05) is 24.3 Å². The average Bonchev–Trinajstić information content (AvgIpc) is 3.14. The van der Waals surface area contributed by atoms with E-state index in [0.717, 1.165) is 18.5 Å². The number of amides is 2. The van der Waals surface area contributed by atoms with Crippen molar-refractivity contribution in [3.8, 4) is 0 Å². The van der Waals surface area contributed by atoms with Crippen molar-refractivity contribution in [2.75, 3.05) is 23.4 Å². The molecule has 0 bridgehead atoms. The Hall–Kier alpha value is -3.15. The molecule has 0 unspecified atom stereocenters. The molecule has 1 fully saturated rings. The van der Waals surface area contributed by atoms with Crippen LogP contribution in [-0.2, 0) is 32.0 Å². The first-order valence-corrected chi connectivity index (χ1v) is 9.94. The highest BCUT2D eigenvalue weighted by molar-refractivity contribution is 6.00. The number of esters is 1. The van der Waals surface area contributed by atoms with Crippen LogP contribution in [0, 0.1) is 5.92 Å². The van der Waals surface area contributed by atoms with Crippen LogP contribution in [-0.4, -0.2) is 30.9 Å². The van der Waals surface area contributed by atoms with Gasteiger partial charge in [-0.05, 0) is 48.2 Å². The fraction of sp³-hybridized carbons (Fsp3) is 0.348. The summed E-state index contributed by atoms with van der Waals surface area (Å²) in [7, 11) is 0. The Labute approximate surface area is 170 Å². The van der Waals surface area contributed by atoms with Crippen LogP contribution in [0.4, 0.5) is 11.4 Å². The highest BCUT2D eigenvalue weighted by Crippen LogP contribution is 2.26. The maximum absolute atomic E-state index is 12.3. The summed E-state index contributed by atoms with van der Waals surface area (Å²) in [5.41, 5.74) is 3.79. The SMILES string of the molecule is CCc1ccc(NC(=O)COC(=O)[C@@H]2CC(=O)N(c3ccc(CC)cc3)C2)cc1. The molecule has 0 radical (unpaired) electrons. The van der Waals surface area contributed by atoms with Gasteiger partial charge in [0.2, 0.25) is 5.91 Å². The van der Waals surface area contributed by atoms with Gasteiger partial charge in [-0.15, -0.1) is 0 Å². The molecule has 1 N–H and O–H groups in total. The molecule has 29 heavy (non-hydrogen) atoms. The molecule has 6 nitrogen and oxygen atoms in total. The van der Waals surface area contributed by atoms with E-state index in [0.29, 0.717) is 5.69 Å². The van der Waals surface area contributed by atoms with Gasteiger partial charge in [-0.2, -0.15) is 0 Å². The zero-order valence-electron chi connectivity index (χ0n) is 16.8. The number of hydrogen-bond acceptors (Lipinski definition) is 4. The van der Waals surface area contributed by atoms with Gasteiger partial charge in [0.05, 0.1) is 5.92 Å². The smallest absolute Gasteiger partial charge is 0.311 e. The van der Waals surface area contributed by atoms with Gasteiger partial charge in [0.15, 0.2) is 6.61 Å². The predicted octanol–water partition coefficient (Wildman–Crippen LogP) is 3.35. The molecule has 1 aliphatic rings. The lowest BCUT2D eigenvalue weighted by Crippen LogP contribution is -2.28. The van der Waals surface area contributed by atoms with Crippen LogP contribution >= 0.6 is 0 Å². The molecule has 2 aromatic rings. The van der Waals surface area contributed by atoms with Crippen molar-refractivity contribution in [2.24, 2.45) is 5.92 Å². The van der Waals surface area contributed by atoms with Crippen LogP contribution < -0.4 is 10.2 Å². The maximum Gasteiger partial charge on any atom is 0.311 e. The van der Waals surface area contributed by atoms with Crippen molar-refractivity contribution in [3.63, 3.8) is 0 Å². The molecule has 6 heteroatoms. The van der Waals surface area contributed by atoms with E-state index in [1.165, 1.54) is 11.1 Å². The second kappa shape index (κ2) is 9.37. The topological polar surface area (TPSA) is 75.7 Å². The Morgan fingerprint density at radius 3 is 2.17 bits per heavy atom. The number of carbonyl (C=O) groups is 3. The van der Waals surface area contributed by atoms with Gasteiger partial charge in [-0.25, -0.2) is 0 Å². The molecule has 1 heterocycles. The minimum absolute atomic E-state index is 0.0917. The second-order valence-corrected chi connectivity index (χ2v) is 7.13. The van der Waals surface area contributed by atoms with E-state index < -0.39 is 17.8 Å². The van der Waals surface area contributed by atoms with Gasteiger partial charge in [-0.1, -0.05) is 38.1 Å². The van der Waals surface area contributed by atoms with Crippen molar-refractivity contribution < 1.29 is 19.1 Å². The van der Waals surface area contributed by atoms with Crippen LogP contribution in [0.1, 0.15) is 31.4 Å². The number of benzene rings is 2. The number of nitrogens with zero attached hydrogens (tertiary/aromatic N) is 1. The summed E-state index contributed by atoms with van der Waals surface area (Å²) in [6, 6.07) is 15.2. The predicted molar refractivity (Wildman–Crippen MR) is 112 cm³/mol. The summed E-state index contributed by atoms with van der Waals surface area (Å²) in [4.78, 5) is 38.3. The average molecular weight is 394 g/mol. The standard InChI is InChI=1S/C23H26N2O4/c1-3-16-5-9-19(10-6-16)24-21(26)15-29-23(28)18-13-22(27)25(14-18)20-11-7-17(4-2)8-12-20/h5-12,18H,3-4,13-15H2,1-2H3,(H,24,26)/t18-/m1/s1. The van der Waals surface area contributed by atoms with Crippen LogP contribution in [0.15, 0.2) is 48.5 Å². The molecule has 0 spiro atoms. The summed E-state index contributed by atoms with van der Waals surface area (Å²) in [5.74, 6) is -1.61. The van der Waals surface area contributed by atoms with Gasteiger partial charge < -0.3 is 15.0 Å². The van der Waals surface area contributed by atoms with E-state index in [1.54, 1.807) is 4.90 Å². The third-order valence-corrected chi connectivity index (χ3v) is 5.11. The van der Waals surface area contributed by atoms with E-state index in [-0.39, 0.29) is 25.5 Å². The largest absolute Gasteiger partial charge is 0.455 e. The number of nitrogens with one attached hydrogen (secondary N) is 1. The molecule has 2 aromatic carbocycles. The van der Waals surface area contributed by atoms with E-state index in [9.17, 15) is 14.4 Å². The summed E-state index contributed by atoms with van der Waals surface area (Å²) in [5, 5.41) is 2.70. The van der Waals surface area contributed by atoms with Gasteiger partial charge in [0.1, 0.15) is 0 Å². The number of anilines is 2. The lowest BCUT2D eigenvalue weighted by Gasteiger charge is -2.17. The highest BCUT2D eigenvalue weighted by atomic mass is 16.5. The highest BCUT2D eigenvalue weighted by Gasteiger charge is 2.36. The molecule has 3 rings (SSSR count). The maximum atomic E-state index is 12.3. The monoisotopic (exact) mass is 394 g/mol. The molecular weight excluding hydrogens is 368 g/mol. The summed E-state index contributed by atoms with van der Waals surface area (Å²) < 4.78 is 5.14. The normalized spacial score (nSPS) is 16.0. The molecule has 2 amide bonds. The van der Waals surface area contributed by atoms with Crippen molar-refractivity contribution in [1.82, 2.24) is 0 Å². The number of hydrogen-bond donors (Lipinski definition) is 1. The first-order valence-electron chi connectivity index (χ1n) is 9.94. The van der Waals surface area contributed by atoms with E-state index >= 15 is 0 Å². The second-order valence-electron chi connectivity index (χ2n) is 7.13. The lowest BCUT2D eigenvalue weighted by molar-refractivity contribution is -0.151. The Morgan fingerprint density at radius 1 is 1.00 bits per heavy atom. The van der Waals surface area contributed by atoms with Crippen LogP contribution in [0.3, 0.4) is 0 Å².